The van der Waals surface area contributed by atoms with Crippen LogP contribution in [-0.2, 0) is 14.8 Å². The van der Waals surface area contributed by atoms with E-state index in [2.05, 4.69) is 9.89 Å². The van der Waals surface area contributed by atoms with E-state index in [1.807, 2.05) is 47.5 Å². The van der Waals surface area contributed by atoms with Crippen molar-refractivity contribution in [2.24, 2.45) is 10.4 Å². The topological polar surface area (TPSA) is 117 Å². The number of hydrogen-bond acceptors (Lipinski definition) is 5. The standard InChI is InChI=1S/C24H31N5O4S/c25-19-26-23(27-12-4-5-13-27)28-16-10-24(11-17-28,22(30)31)18-34(32,33)29-14-8-21(9-15-29)20-6-2-1-3-7-20/h1-3,6-8H,4-5,9-18H2,(H,30,31)/b26-23+. The number of aliphatic carboxylic acids is 1. The molecule has 4 rings (SSSR count). The van der Waals surface area contributed by atoms with Crippen LogP contribution in [0.25, 0.3) is 5.57 Å². The zero-order valence-corrected chi connectivity index (χ0v) is 20.1. The summed E-state index contributed by atoms with van der Waals surface area (Å²) in [6.45, 7) is 2.96. The first-order valence-corrected chi connectivity index (χ1v) is 13.4. The normalized spacial score (nSPS) is 21.7. The number of rotatable bonds is 5. The second kappa shape index (κ2) is 10.2. The minimum absolute atomic E-state index is 0.193. The van der Waals surface area contributed by atoms with E-state index in [4.69, 9.17) is 5.26 Å². The highest BCUT2D eigenvalue weighted by atomic mass is 32.2. The van der Waals surface area contributed by atoms with Crippen LogP contribution >= 0.6 is 0 Å². The van der Waals surface area contributed by atoms with Crippen LogP contribution in [0, 0.1) is 16.9 Å². The molecule has 0 saturated carbocycles. The molecule has 1 aromatic carbocycles. The van der Waals surface area contributed by atoms with Gasteiger partial charge < -0.3 is 14.9 Å². The van der Waals surface area contributed by atoms with Gasteiger partial charge in [0, 0.05) is 39.3 Å². The largest absolute Gasteiger partial charge is 0.481 e. The van der Waals surface area contributed by atoms with Gasteiger partial charge in [-0.1, -0.05) is 36.4 Å². The lowest BCUT2D eigenvalue weighted by molar-refractivity contribution is -0.150. The molecule has 0 aliphatic carbocycles. The van der Waals surface area contributed by atoms with Gasteiger partial charge in [0.05, 0.1) is 11.2 Å². The van der Waals surface area contributed by atoms with Crippen LogP contribution in [0.4, 0.5) is 0 Å². The third-order valence-electron chi connectivity index (χ3n) is 7.16. The van der Waals surface area contributed by atoms with E-state index in [1.54, 1.807) is 0 Å². The van der Waals surface area contributed by atoms with Gasteiger partial charge in [-0.15, -0.1) is 4.99 Å². The molecule has 10 heteroatoms. The van der Waals surface area contributed by atoms with Crippen molar-refractivity contribution < 1.29 is 18.3 Å². The molecule has 9 nitrogen and oxygen atoms in total. The molecule has 1 N–H and O–H groups in total. The average molecular weight is 486 g/mol. The molecule has 0 atom stereocenters. The molecule has 3 heterocycles. The molecule has 2 fully saturated rings. The van der Waals surface area contributed by atoms with E-state index in [1.165, 1.54) is 4.31 Å². The van der Waals surface area contributed by atoms with Crippen molar-refractivity contribution in [3.63, 3.8) is 0 Å². The molecule has 182 valence electrons. The summed E-state index contributed by atoms with van der Waals surface area (Å²) in [7, 11) is -3.76. The first kappa shape index (κ1) is 24.2. The van der Waals surface area contributed by atoms with Gasteiger partial charge >= 0.3 is 5.97 Å². The summed E-state index contributed by atoms with van der Waals surface area (Å²) in [4.78, 5) is 20.3. The number of piperidine rings is 1. The summed E-state index contributed by atoms with van der Waals surface area (Å²) >= 11 is 0. The van der Waals surface area contributed by atoms with Gasteiger partial charge in [0.15, 0.2) is 0 Å². The molecule has 3 aliphatic heterocycles. The Morgan fingerprint density at radius 2 is 1.71 bits per heavy atom. The van der Waals surface area contributed by atoms with Crippen molar-refractivity contribution in [2.45, 2.75) is 32.1 Å². The second-order valence-corrected chi connectivity index (χ2v) is 11.2. The fourth-order valence-corrected chi connectivity index (χ4v) is 7.08. The Balaban J connectivity index is 1.44. The van der Waals surface area contributed by atoms with Crippen LogP contribution in [-0.4, -0.2) is 84.6 Å². The molecule has 0 radical (unpaired) electrons. The lowest BCUT2D eigenvalue weighted by Gasteiger charge is -2.42. The highest BCUT2D eigenvalue weighted by molar-refractivity contribution is 7.89. The molecular weight excluding hydrogens is 454 g/mol. The van der Waals surface area contributed by atoms with E-state index in [0.717, 1.165) is 37.1 Å². The number of nitriles is 1. The highest BCUT2D eigenvalue weighted by Gasteiger charge is 2.47. The van der Waals surface area contributed by atoms with Gasteiger partial charge in [-0.25, -0.2) is 8.42 Å². The van der Waals surface area contributed by atoms with Crippen molar-refractivity contribution in [2.75, 3.05) is 45.0 Å². The summed E-state index contributed by atoms with van der Waals surface area (Å²) in [6.07, 6.45) is 6.84. The lowest BCUT2D eigenvalue weighted by atomic mass is 9.80. The van der Waals surface area contributed by atoms with E-state index >= 15 is 0 Å². The molecule has 34 heavy (non-hydrogen) atoms. The predicted molar refractivity (Wildman–Crippen MR) is 129 cm³/mol. The average Bonchev–Trinajstić information content (AvgIpc) is 3.38. The molecule has 0 amide bonds. The Hall–Kier alpha value is -2.90. The van der Waals surface area contributed by atoms with Crippen LogP contribution in [0.2, 0.25) is 0 Å². The number of aliphatic imine (C=N–C) groups is 1. The number of hydrogen-bond donors (Lipinski definition) is 1. The van der Waals surface area contributed by atoms with Gasteiger partial charge in [-0.2, -0.15) is 9.57 Å². The molecule has 0 aromatic heterocycles. The number of likely N-dealkylation sites (tertiary alicyclic amines) is 2. The minimum Gasteiger partial charge on any atom is -0.481 e. The van der Waals surface area contributed by atoms with Crippen molar-refractivity contribution in [1.29, 1.82) is 5.26 Å². The number of carboxylic acid groups (broad SMARTS) is 1. The number of benzene rings is 1. The van der Waals surface area contributed by atoms with Crippen molar-refractivity contribution >= 4 is 27.5 Å². The quantitative estimate of drug-likeness (QED) is 0.386. The SMILES string of the molecule is N#C/N=C(\N1CCCC1)N1CCC(CS(=O)(=O)N2CC=C(c3ccccc3)CC2)(C(=O)O)CC1. The number of carboxylic acids is 1. The maximum atomic E-state index is 13.3. The number of guanidine groups is 1. The van der Waals surface area contributed by atoms with Crippen molar-refractivity contribution in [3.8, 4) is 6.19 Å². The van der Waals surface area contributed by atoms with Gasteiger partial charge in [-0.3, -0.25) is 4.79 Å². The monoisotopic (exact) mass is 485 g/mol. The Bertz CT molecular complexity index is 1100. The van der Waals surface area contributed by atoms with E-state index < -0.39 is 27.2 Å². The Morgan fingerprint density at radius 3 is 2.26 bits per heavy atom. The van der Waals surface area contributed by atoms with Crippen molar-refractivity contribution in [3.05, 3.63) is 42.0 Å². The highest BCUT2D eigenvalue weighted by Crippen LogP contribution is 2.36. The molecular formula is C24H31N5O4S. The summed E-state index contributed by atoms with van der Waals surface area (Å²) in [5.74, 6) is -0.906. The van der Waals surface area contributed by atoms with Gasteiger partial charge in [-0.05, 0) is 43.2 Å². The Labute approximate surface area is 201 Å². The number of nitrogens with zero attached hydrogens (tertiary/aromatic N) is 5. The molecule has 0 unspecified atom stereocenters. The molecule has 3 aliphatic rings. The fourth-order valence-electron chi connectivity index (χ4n) is 5.12. The van der Waals surface area contributed by atoms with Crippen LogP contribution in [0.15, 0.2) is 41.4 Å². The van der Waals surface area contributed by atoms with E-state index in [9.17, 15) is 18.3 Å². The molecule has 1 aromatic rings. The maximum absolute atomic E-state index is 13.3. The third-order valence-corrected chi connectivity index (χ3v) is 9.20. The number of sulfonamides is 1. The van der Waals surface area contributed by atoms with E-state index in [0.29, 0.717) is 32.0 Å². The first-order chi connectivity index (χ1) is 16.3. The first-order valence-electron chi connectivity index (χ1n) is 11.8. The molecule has 0 spiro atoms. The number of carbonyl (C=O) groups is 1. The van der Waals surface area contributed by atoms with Gasteiger partial charge in [0.2, 0.25) is 22.2 Å². The Kier molecular flexibility index (Phi) is 7.24. The molecule has 0 bridgehead atoms. The summed E-state index contributed by atoms with van der Waals surface area (Å²) in [6, 6.07) is 9.88. The van der Waals surface area contributed by atoms with Crippen molar-refractivity contribution in [1.82, 2.24) is 14.1 Å². The summed E-state index contributed by atoms with van der Waals surface area (Å²) in [5, 5.41) is 19.2. The third kappa shape index (κ3) is 5.10. The van der Waals surface area contributed by atoms with Gasteiger partial charge in [0.1, 0.15) is 0 Å². The van der Waals surface area contributed by atoms with Crippen LogP contribution in [0.5, 0.6) is 0 Å². The maximum Gasteiger partial charge on any atom is 0.310 e. The lowest BCUT2D eigenvalue weighted by Crippen LogP contribution is -2.54. The smallest absolute Gasteiger partial charge is 0.310 e. The van der Waals surface area contributed by atoms with Crippen LogP contribution in [0.1, 0.15) is 37.7 Å². The Morgan fingerprint density at radius 1 is 1.06 bits per heavy atom. The van der Waals surface area contributed by atoms with Gasteiger partial charge in [0.25, 0.3) is 0 Å². The minimum atomic E-state index is -3.76. The predicted octanol–water partition coefficient (Wildman–Crippen LogP) is 2.21. The zero-order valence-electron chi connectivity index (χ0n) is 19.3. The zero-order chi connectivity index (χ0) is 24.2. The molecule has 2 saturated heterocycles. The van der Waals surface area contributed by atoms with Crippen LogP contribution < -0.4 is 0 Å². The van der Waals surface area contributed by atoms with E-state index in [-0.39, 0.29) is 19.4 Å². The summed E-state index contributed by atoms with van der Waals surface area (Å²) < 4.78 is 28.0. The summed E-state index contributed by atoms with van der Waals surface area (Å²) in [5.41, 5.74) is 0.850. The second-order valence-electron chi connectivity index (χ2n) is 9.24. The van der Waals surface area contributed by atoms with Crippen LogP contribution in [0.3, 0.4) is 0 Å². The fraction of sp³-hybridized carbons (Fsp3) is 0.542.